The minimum absolute atomic E-state index is 0.571. The summed E-state index contributed by atoms with van der Waals surface area (Å²) in [6.07, 6.45) is 3.83. The average molecular weight is 297 g/mol. The molecule has 1 saturated heterocycles. The van der Waals surface area contributed by atoms with Crippen molar-refractivity contribution in [3.8, 4) is 0 Å². The van der Waals surface area contributed by atoms with Crippen LogP contribution < -0.4 is 10.2 Å². The standard InChI is InChI=1S/C16H25ClN2O/c1-13-6-3-4-10-19(13)16-14(7-5-8-15(16)17)12-18-9-11-20-2/h5,7-8,13,18H,3-4,6,9-12H2,1-2H3. The van der Waals surface area contributed by atoms with E-state index in [1.807, 2.05) is 12.1 Å². The molecule has 1 N–H and O–H groups in total. The minimum atomic E-state index is 0.571. The van der Waals surface area contributed by atoms with Gasteiger partial charge in [-0.2, -0.15) is 0 Å². The third-order valence-electron chi connectivity index (χ3n) is 3.96. The highest BCUT2D eigenvalue weighted by Crippen LogP contribution is 2.34. The summed E-state index contributed by atoms with van der Waals surface area (Å²) >= 11 is 6.47. The summed E-state index contributed by atoms with van der Waals surface area (Å²) in [5.74, 6) is 0. The van der Waals surface area contributed by atoms with Crippen molar-refractivity contribution >= 4 is 17.3 Å². The number of piperidine rings is 1. The largest absolute Gasteiger partial charge is 0.383 e. The number of hydrogen-bond acceptors (Lipinski definition) is 3. The molecule has 1 heterocycles. The molecule has 1 aliphatic rings. The molecular formula is C16H25ClN2O. The van der Waals surface area contributed by atoms with Crippen LogP contribution in [-0.2, 0) is 11.3 Å². The zero-order chi connectivity index (χ0) is 14.4. The second kappa shape index (κ2) is 7.87. The maximum Gasteiger partial charge on any atom is 0.0643 e. The predicted molar refractivity (Wildman–Crippen MR) is 85.7 cm³/mol. The van der Waals surface area contributed by atoms with E-state index < -0.39 is 0 Å². The topological polar surface area (TPSA) is 24.5 Å². The first-order valence-electron chi connectivity index (χ1n) is 7.47. The lowest BCUT2D eigenvalue weighted by atomic mass is 10.0. The molecule has 20 heavy (non-hydrogen) atoms. The number of methoxy groups -OCH3 is 1. The molecule has 1 unspecified atom stereocenters. The Balaban J connectivity index is 2.13. The molecule has 1 aromatic rings. The van der Waals surface area contributed by atoms with Gasteiger partial charge in [0.25, 0.3) is 0 Å². The Bertz CT molecular complexity index is 425. The highest BCUT2D eigenvalue weighted by Gasteiger charge is 2.22. The van der Waals surface area contributed by atoms with Gasteiger partial charge in [0.05, 0.1) is 17.3 Å². The first-order chi connectivity index (χ1) is 9.74. The normalized spacial score (nSPS) is 19.4. The Morgan fingerprint density at radius 2 is 2.25 bits per heavy atom. The summed E-state index contributed by atoms with van der Waals surface area (Å²) in [6, 6.07) is 6.77. The molecule has 0 aliphatic carbocycles. The fraction of sp³-hybridized carbons (Fsp3) is 0.625. The minimum Gasteiger partial charge on any atom is -0.383 e. The molecule has 0 spiro atoms. The number of anilines is 1. The van der Waals surface area contributed by atoms with Crippen molar-refractivity contribution in [2.45, 2.75) is 38.8 Å². The fourth-order valence-electron chi connectivity index (χ4n) is 2.85. The van der Waals surface area contributed by atoms with Crippen LogP contribution in [0.25, 0.3) is 0 Å². The molecule has 1 aliphatic heterocycles. The van der Waals surface area contributed by atoms with Crippen molar-refractivity contribution in [3.05, 3.63) is 28.8 Å². The van der Waals surface area contributed by atoms with Gasteiger partial charge in [0.15, 0.2) is 0 Å². The van der Waals surface area contributed by atoms with E-state index in [4.69, 9.17) is 16.3 Å². The van der Waals surface area contributed by atoms with Gasteiger partial charge >= 0.3 is 0 Å². The third kappa shape index (κ3) is 3.87. The Kier molecular flexibility index (Phi) is 6.14. The number of para-hydroxylation sites is 1. The average Bonchev–Trinajstić information content (AvgIpc) is 2.45. The van der Waals surface area contributed by atoms with E-state index in [1.165, 1.54) is 30.5 Å². The van der Waals surface area contributed by atoms with E-state index in [0.29, 0.717) is 6.04 Å². The van der Waals surface area contributed by atoms with Gasteiger partial charge in [0, 0.05) is 32.8 Å². The molecule has 112 valence electrons. The second-order valence-electron chi connectivity index (χ2n) is 5.46. The number of rotatable bonds is 6. The lowest BCUT2D eigenvalue weighted by Crippen LogP contribution is -2.38. The van der Waals surface area contributed by atoms with E-state index in [-0.39, 0.29) is 0 Å². The second-order valence-corrected chi connectivity index (χ2v) is 5.86. The number of benzene rings is 1. The van der Waals surface area contributed by atoms with Gasteiger partial charge in [-0.15, -0.1) is 0 Å². The van der Waals surface area contributed by atoms with Crippen LogP contribution in [0.3, 0.4) is 0 Å². The van der Waals surface area contributed by atoms with Crippen LogP contribution in [0.2, 0.25) is 5.02 Å². The van der Waals surface area contributed by atoms with Crippen molar-refractivity contribution in [2.24, 2.45) is 0 Å². The first-order valence-corrected chi connectivity index (χ1v) is 7.85. The molecule has 4 heteroatoms. The number of nitrogens with zero attached hydrogens (tertiary/aromatic N) is 1. The van der Waals surface area contributed by atoms with Crippen LogP contribution >= 0.6 is 11.6 Å². The van der Waals surface area contributed by atoms with Crippen LogP contribution in [0.15, 0.2) is 18.2 Å². The predicted octanol–water partition coefficient (Wildman–Crippen LogP) is 3.45. The van der Waals surface area contributed by atoms with E-state index >= 15 is 0 Å². The number of hydrogen-bond donors (Lipinski definition) is 1. The Morgan fingerprint density at radius 1 is 1.40 bits per heavy atom. The van der Waals surface area contributed by atoms with E-state index in [0.717, 1.165) is 31.3 Å². The Labute approximate surface area is 127 Å². The maximum atomic E-state index is 6.47. The summed E-state index contributed by atoms with van der Waals surface area (Å²) < 4.78 is 5.07. The van der Waals surface area contributed by atoms with E-state index in [1.54, 1.807) is 7.11 Å². The Hall–Kier alpha value is -0.770. The zero-order valence-corrected chi connectivity index (χ0v) is 13.2. The number of halogens is 1. The van der Waals surface area contributed by atoms with E-state index in [9.17, 15) is 0 Å². The molecule has 3 nitrogen and oxygen atoms in total. The van der Waals surface area contributed by atoms with Crippen molar-refractivity contribution in [3.63, 3.8) is 0 Å². The molecular weight excluding hydrogens is 272 g/mol. The van der Waals surface area contributed by atoms with Crippen LogP contribution in [0.5, 0.6) is 0 Å². The van der Waals surface area contributed by atoms with Crippen molar-refractivity contribution in [1.82, 2.24) is 5.32 Å². The molecule has 0 saturated carbocycles. The summed E-state index contributed by atoms with van der Waals surface area (Å²) in [5, 5.41) is 4.28. The highest BCUT2D eigenvalue weighted by atomic mass is 35.5. The fourth-order valence-corrected chi connectivity index (χ4v) is 3.15. The Morgan fingerprint density at radius 3 is 3.00 bits per heavy atom. The van der Waals surface area contributed by atoms with Crippen LogP contribution in [0.4, 0.5) is 5.69 Å². The monoisotopic (exact) mass is 296 g/mol. The van der Waals surface area contributed by atoms with Gasteiger partial charge in [-0.1, -0.05) is 23.7 Å². The van der Waals surface area contributed by atoms with Crippen molar-refractivity contribution < 1.29 is 4.74 Å². The summed E-state index contributed by atoms with van der Waals surface area (Å²) in [5.41, 5.74) is 2.49. The summed E-state index contributed by atoms with van der Waals surface area (Å²) in [6.45, 7) is 5.83. The zero-order valence-electron chi connectivity index (χ0n) is 12.5. The molecule has 1 atom stereocenters. The number of nitrogens with one attached hydrogen (secondary N) is 1. The van der Waals surface area contributed by atoms with Gasteiger partial charge in [-0.3, -0.25) is 0 Å². The van der Waals surface area contributed by atoms with Gasteiger partial charge in [-0.25, -0.2) is 0 Å². The lowest BCUT2D eigenvalue weighted by molar-refractivity contribution is 0.199. The summed E-state index contributed by atoms with van der Waals surface area (Å²) in [7, 11) is 1.72. The van der Waals surface area contributed by atoms with Crippen LogP contribution in [0, 0.1) is 0 Å². The SMILES string of the molecule is COCCNCc1cccc(Cl)c1N1CCCCC1C. The third-order valence-corrected chi connectivity index (χ3v) is 4.26. The highest BCUT2D eigenvalue weighted by molar-refractivity contribution is 6.33. The molecule has 0 bridgehead atoms. The van der Waals surface area contributed by atoms with Crippen LogP contribution in [-0.4, -0.2) is 32.8 Å². The molecule has 2 rings (SSSR count). The van der Waals surface area contributed by atoms with Gasteiger partial charge in [0.2, 0.25) is 0 Å². The van der Waals surface area contributed by atoms with E-state index in [2.05, 4.69) is 23.2 Å². The molecule has 0 aromatic heterocycles. The van der Waals surface area contributed by atoms with Gasteiger partial charge in [-0.05, 0) is 37.8 Å². The van der Waals surface area contributed by atoms with Gasteiger partial charge in [0.1, 0.15) is 0 Å². The molecule has 0 amide bonds. The van der Waals surface area contributed by atoms with Crippen molar-refractivity contribution in [1.29, 1.82) is 0 Å². The lowest BCUT2D eigenvalue weighted by Gasteiger charge is -2.37. The quantitative estimate of drug-likeness (QED) is 0.814. The molecule has 1 aromatic carbocycles. The van der Waals surface area contributed by atoms with Crippen LogP contribution in [0.1, 0.15) is 31.7 Å². The maximum absolute atomic E-state index is 6.47. The first kappa shape index (κ1) is 15.6. The summed E-state index contributed by atoms with van der Waals surface area (Å²) in [4.78, 5) is 2.47. The smallest absolute Gasteiger partial charge is 0.0643 e. The molecule has 0 radical (unpaired) electrons. The number of ether oxygens (including phenoxy) is 1. The molecule has 1 fully saturated rings. The van der Waals surface area contributed by atoms with Gasteiger partial charge < -0.3 is 15.0 Å². The van der Waals surface area contributed by atoms with Crippen molar-refractivity contribution in [2.75, 3.05) is 31.7 Å².